The Labute approximate surface area is 133 Å². The number of carbonyl (C=O) groups is 1. The molecule has 0 bridgehead atoms. The molecule has 3 rings (SSSR count). The van der Waals surface area contributed by atoms with E-state index in [9.17, 15) is 4.79 Å². The SMILES string of the molecule is Cc1ccc(-c2cc(C(=O)Nc3ccccc3Cl)[nH]n2)cc1. The molecule has 2 N–H and O–H groups in total. The van der Waals surface area contributed by atoms with Crippen LogP contribution in [-0.2, 0) is 0 Å². The number of H-pyrrole nitrogens is 1. The van der Waals surface area contributed by atoms with Crippen LogP contribution in [0.3, 0.4) is 0 Å². The molecule has 0 radical (unpaired) electrons. The Bertz CT molecular complexity index is 809. The summed E-state index contributed by atoms with van der Waals surface area (Å²) in [5.41, 5.74) is 3.81. The van der Waals surface area contributed by atoms with E-state index in [1.165, 1.54) is 5.56 Å². The maximum absolute atomic E-state index is 12.2. The molecule has 0 saturated carbocycles. The number of rotatable bonds is 3. The standard InChI is InChI=1S/C17H14ClN3O/c1-11-6-8-12(9-7-11)15-10-16(21-20-15)17(22)19-14-5-3-2-4-13(14)18/h2-10H,1H3,(H,19,22)(H,20,21). The van der Waals surface area contributed by atoms with Crippen LogP contribution >= 0.6 is 11.6 Å². The Morgan fingerprint density at radius 3 is 2.59 bits per heavy atom. The van der Waals surface area contributed by atoms with Gasteiger partial charge in [0.05, 0.1) is 16.4 Å². The fourth-order valence-corrected chi connectivity index (χ4v) is 2.25. The van der Waals surface area contributed by atoms with Gasteiger partial charge in [0.1, 0.15) is 5.69 Å². The summed E-state index contributed by atoms with van der Waals surface area (Å²) in [5, 5.41) is 10.2. The van der Waals surface area contributed by atoms with Gasteiger partial charge in [-0.25, -0.2) is 0 Å². The molecular formula is C17H14ClN3O. The molecule has 22 heavy (non-hydrogen) atoms. The van der Waals surface area contributed by atoms with Crippen molar-refractivity contribution in [1.82, 2.24) is 10.2 Å². The average Bonchev–Trinajstić information content (AvgIpc) is 3.00. The van der Waals surface area contributed by atoms with Gasteiger partial charge >= 0.3 is 0 Å². The maximum atomic E-state index is 12.2. The van der Waals surface area contributed by atoms with E-state index in [-0.39, 0.29) is 5.91 Å². The van der Waals surface area contributed by atoms with Gasteiger partial charge in [0.2, 0.25) is 0 Å². The highest BCUT2D eigenvalue weighted by Crippen LogP contribution is 2.22. The molecule has 110 valence electrons. The first-order valence-corrected chi connectivity index (χ1v) is 7.19. The van der Waals surface area contributed by atoms with Crippen molar-refractivity contribution < 1.29 is 4.79 Å². The van der Waals surface area contributed by atoms with Crippen molar-refractivity contribution in [2.75, 3.05) is 5.32 Å². The van der Waals surface area contributed by atoms with Crippen LogP contribution < -0.4 is 5.32 Å². The van der Waals surface area contributed by atoms with E-state index in [0.717, 1.165) is 11.3 Å². The molecule has 0 atom stereocenters. The van der Waals surface area contributed by atoms with E-state index in [1.54, 1.807) is 18.2 Å². The van der Waals surface area contributed by atoms with Crippen molar-refractivity contribution in [2.45, 2.75) is 6.92 Å². The number of nitrogens with one attached hydrogen (secondary N) is 2. The van der Waals surface area contributed by atoms with E-state index in [2.05, 4.69) is 15.5 Å². The predicted octanol–water partition coefficient (Wildman–Crippen LogP) is 4.29. The third-order valence-electron chi connectivity index (χ3n) is 3.29. The molecule has 0 aliphatic heterocycles. The molecular weight excluding hydrogens is 298 g/mol. The minimum absolute atomic E-state index is 0.279. The molecule has 0 fully saturated rings. The lowest BCUT2D eigenvalue weighted by atomic mass is 10.1. The van der Waals surface area contributed by atoms with Crippen molar-refractivity contribution in [3.05, 3.63) is 70.9 Å². The molecule has 0 spiro atoms. The summed E-state index contributed by atoms with van der Waals surface area (Å²) in [6.45, 7) is 2.02. The first-order valence-electron chi connectivity index (χ1n) is 6.82. The number of halogens is 1. The number of aryl methyl sites for hydroxylation is 1. The maximum Gasteiger partial charge on any atom is 0.273 e. The van der Waals surface area contributed by atoms with Crippen molar-refractivity contribution >= 4 is 23.2 Å². The lowest BCUT2D eigenvalue weighted by molar-refractivity contribution is 0.102. The lowest BCUT2D eigenvalue weighted by Crippen LogP contribution is -2.12. The number of benzene rings is 2. The van der Waals surface area contributed by atoms with Crippen LogP contribution in [0.2, 0.25) is 5.02 Å². The van der Waals surface area contributed by atoms with Crippen LogP contribution in [0.25, 0.3) is 11.3 Å². The van der Waals surface area contributed by atoms with E-state index in [0.29, 0.717) is 16.4 Å². The second-order valence-electron chi connectivity index (χ2n) is 4.97. The van der Waals surface area contributed by atoms with Gasteiger partial charge in [0.25, 0.3) is 5.91 Å². The monoisotopic (exact) mass is 311 g/mol. The molecule has 5 heteroatoms. The number of carbonyl (C=O) groups excluding carboxylic acids is 1. The van der Waals surface area contributed by atoms with Crippen LogP contribution in [0.1, 0.15) is 16.1 Å². The summed E-state index contributed by atoms with van der Waals surface area (Å²) < 4.78 is 0. The Balaban J connectivity index is 1.80. The second-order valence-corrected chi connectivity index (χ2v) is 5.37. The van der Waals surface area contributed by atoms with Crippen molar-refractivity contribution in [3.8, 4) is 11.3 Å². The number of hydrogen-bond donors (Lipinski definition) is 2. The molecule has 0 aliphatic carbocycles. The lowest BCUT2D eigenvalue weighted by Gasteiger charge is -2.04. The number of anilines is 1. The van der Waals surface area contributed by atoms with E-state index < -0.39 is 0 Å². The van der Waals surface area contributed by atoms with Gasteiger partial charge in [-0.3, -0.25) is 9.89 Å². The number of para-hydroxylation sites is 1. The topological polar surface area (TPSA) is 57.8 Å². The van der Waals surface area contributed by atoms with Gasteiger partial charge < -0.3 is 5.32 Å². The minimum atomic E-state index is -0.279. The van der Waals surface area contributed by atoms with Gasteiger partial charge in [-0.05, 0) is 25.1 Å². The summed E-state index contributed by atoms with van der Waals surface area (Å²) in [4.78, 5) is 12.2. The summed E-state index contributed by atoms with van der Waals surface area (Å²) in [6.07, 6.45) is 0. The van der Waals surface area contributed by atoms with Gasteiger partial charge in [0.15, 0.2) is 0 Å². The molecule has 0 saturated heterocycles. The number of aromatic nitrogens is 2. The highest BCUT2D eigenvalue weighted by Gasteiger charge is 2.12. The highest BCUT2D eigenvalue weighted by atomic mass is 35.5. The van der Waals surface area contributed by atoms with E-state index in [1.807, 2.05) is 43.3 Å². The van der Waals surface area contributed by atoms with Gasteiger partial charge in [-0.1, -0.05) is 53.6 Å². The molecule has 3 aromatic rings. The number of aromatic amines is 1. The molecule has 4 nitrogen and oxygen atoms in total. The van der Waals surface area contributed by atoms with Gasteiger partial charge in [-0.2, -0.15) is 5.10 Å². The average molecular weight is 312 g/mol. The normalized spacial score (nSPS) is 10.5. The van der Waals surface area contributed by atoms with E-state index in [4.69, 9.17) is 11.6 Å². The quantitative estimate of drug-likeness (QED) is 0.758. The number of amides is 1. The van der Waals surface area contributed by atoms with Crippen molar-refractivity contribution in [2.24, 2.45) is 0 Å². The van der Waals surface area contributed by atoms with Crippen LogP contribution in [-0.4, -0.2) is 16.1 Å². The number of hydrogen-bond acceptors (Lipinski definition) is 2. The zero-order valence-corrected chi connectivity index (χ0v) is 12.7. The zero-order valence-electron chi connectivity index (χ0n) is 11.9. The third-order valence-corrected chi connectivity index (χ3v) is 3.62. The molecule has 0 aliphatic rings. The fraction of sp³-hybridized carbons (Fsp3) is 0.0588. The van der Waals surface area contributed by atoms with Gasteiger partial charge in [0, 0.05) is 5.56 Å². The molecule has 1 aromatic heterocycles. The molecule has 2 aromatic carbocycles. The summed E-state index contributed by atoms with van der Waals surface area (Å²) in [7, 11) is 0. The first-order chi connectivity index (χ1) is 10.6. The Morgan fingerprint density at radius 2 is 1.86 bits per heavy atom. The zero-order chi connectivity index (χ0) is 15.5. The smallest absolute Gasteiger partial charge is 0.273 e. The van der Waals surface area contributed by atoms with Gasteiger partial charge in [-0.15, -0.1) is 0 Å². The molecule has 1 amide bonds. The summed E-state index contributed by atoms with van der Waals surface area (Å²) >= 11 is 6.03. The number of nitrogens with zero attached hydrogens (tertiary/aromatic N) is 1. The Kier molecular flexibility index (Phi) is 3.94. The summed E-state index contributed by atoms with van der Waals surface area (Å²) in [5.74, 6) is -0.279. The van der Waals surface area contributed by atoms with Crippen LogP contribution in [0.15, 0.2) is 54.6 Å². The van der Waals surface area contributed by atoms with Crippen LogP contribution in [0.4, 0.5) is 5.69 Å². The molecule has 1 heterocycles. The summed E-state index contributed by atoms with van der Waals surface area (Å²) in [6, 6.07) is 16.8. The van der Waals surface area contributed by atoms with Crippen LogP contribution in [0, 0.1) is 6.92 Å². The van der Waals surface area contributed by atoms with Crippen LogP contribution in [0.5, 0.6) is 0 Å². The Hall–Kier alpha value is -2.59. The first kappa shape index (κ1) is 14.4. The second kappa shape index (κ2) is 6.03. The molecule has 0 unspecified atom stereocenters. The van der Waals surface area contributed by atoms with Crippen molar-refractivity contribution in [3.63, 3.8) is 0 Å². The predicted molar refractivity (Wildman–Crippen MR) is 88.2 cm³/mol. The van der Waals surface area contributed by atoms with E-state index >= 15 is 0 Å². The third kappa shape index (κ3) is 3.02. The fourth-order valence-electron chi connectivity index (χ4n) is 2.06. The van der Waals surface area contributed by atoms with Crippen molar-refractivity contribution in [1.29, 1.82) is 0 Å². The highest BCUT2D eigenvalue weighted by molar-refractivity contribution is 6.33. The minimum Gasteiger partial charge on any atom is -0.319 e. The Morgan fingerprint density at radius 1 is 1.14 bits per heavy atom. The largest absolute Gasteiger partial charge is 0.319 e.